The molecular formula is C6H9N3O. The van der Waals surface area contributed by atoms with Crippen LogP contribution in [0.3, 0.4) is 0 Å². The zero-order chi connectivity index (χ0) is 8.15. The van der Waals surface area contributed by atoms with Gasteiger partial charge in [0.25, 0.3) is 0 Å². The Balaban J connectivity index is 4.38. The van der Waals surface area contributed by atoms with Crippen molar-refractivity contribution in [1.29, 1.82) is 10.7 Å². The maximum Gasteiger partial charge on any atom is 0.141 e. The molecule has 0 saturated carbocycles. The summed E-state index contributed by atoms with van der Waals surface area (Å²) in [4.78, 5) is 1.44. The molecule has 0 amide bonds. The smallest absolute Gasteiger partial charge is 0.141 e. The highest BCUT2D eigenvalue weighted by molar-refractivity contribution is 5.98. The summed E-state index contributed by atoms with van der Waals surface area (Å²) in [6.45, 7) is 0. The van der Waals surface area contributed by atoms with E-state index in [-0.39, 0.29) is 11.4 Å². The van der Waals surface area contributed by atoms with Crippen LogP contribution in [0.1, 0.15) is 0 Å². The minimum Gasteiger partial charge on any atom is -0.514 e. The monoisotopic (exact) mass is 139 g/mol. The number of hydrogen-bond donors (Lipinski definition) is 2. The van der Waals surface area contributed by atoms with Gasteiger partial charge in [-0.25, -0.2) is 0 Å². The Kier molecular flexibility index (Phi) is 2.98. The molecule has 10 heavy (non-hydrogen) atoms. The molecular weight excluding hydrogens is 130 g/mol. The topological polar surface area (TPSA) is 71.1 Å². The molecule has 0 aliphatic carbocycles. The van der Waals surface area contributed by atoms with Gasteiger partial charge in [-0.15, -0.1) is 0 Å². The second-order valence-corrected chi connectivity index (χ2v) is 1.90. The Hall–Kier alpha value is -1.50. The molecule has 2 N–H and O–H groups in total. The molecule has 0 aromatic carbocycles. The summed E-state index contributed by atoms with van der Waals surface area (Å²) in [5, 5.41) is 23.9. The van der Waals surface area contributed by atoms with Crippen LogP contribution in [0, 0.1) is 16.7 Å². The average Bonchev–Trinajstić information content (AvgIpc) is 1.90. The molecule has 0 aliphatic heterocycles. The van der Waals surface area contributed by atoms with Crippen LogP contribution < -0.4 is 0 Å². The summed E-state index contributed by atoms with van der Waals surface area (Å²) in [6, 6.07) is 1.68. The lowest BCUT2D eigenvalue weighted by Gasteiger charge is -2.10. The van der Waals surface area contributed by atoms with Gasteiger partial charge in [0.2, 0.25) is 0 Å². The Labute approximate surface area is 59.5 Å². The third-order valence-electron chi connectivity index (χ3n) is 0.952. The fourth-order valence-electron chi connectivity index (χ4n) is 0.384. The molecule has 0 aromatic heterocycles. The van der Waals surface area contributed by atoms with Crippen molar-refractivity contribution in [3.05, 3.63) is 11.8 Å². The van der Waals surface area contributed by atoms with Crippen LogP contribution in [0.2, 0.25) is 0 Å². The standard InChI is InChI=1S/C6H9N3O/c1-9(2)6(8)5(3-7)4-10/h4,8,10H,1-2H3/b5-4+,8-6?. The van der Waals surface area contributed by atoms with Crippen LogP contribution in [-0.4, -0.2) is 29.9 Å². The van der Waals surface area contributed by atoms with Gasteiger partial charge in [0.1, 0.15) is 23.7 Å². The predicted molar refractivity (Wildman–Crippen MR) is 37.7 cm³/mol. The number of nitrogens with one attached hydrogen (secondary N) is 1. The first-order valence-corrected chi connectivity index (χ1v) is 2.64. The average molecular weight is 139 g/mol. The lowest BCUT2D eigenvalue weighted by molar-refractivity contribution is 0.470. The Morgan fingerprint density at radius 3 is 2.30 bits per heavy atom. The van der Waals surface area contributed by atoms with E-state index in [1.165, 1.54) is 4.90 Å². The molecule has 4 heteroatoms. The number of aliphatic hydroxyl groups is 1. The maximum absolute atomic E-state index is 8.39. The third-order valence-corrected chi connectivity index (χ3v) is 0.952. The molecule has 0 aromatic rings. The van der Waals surface area contributed by atoms with E-state index in [1.807, 2.05) is 0 Å². The van der Waals surface area contributed by atoms with E-state index in [0.29, 0.717) is 6.26 Å². The highest BCUT2D eigenvalue weighted by Gasteiger charge is 2.04. The number of hydrogen-bond acceptors (Lipinski definition) is 3. The number of rotatable bonds is 1. The number of amidine groups is 1. The molecule has 0 rings (SSSR count). The second kappa shape index (κ2) is 3.51. The van der Waals surface area contributed by atoms with E-state index in [0.717, 1.165) is 0 Å². The zero-order valence-electron chi connectivity index (χ0n) is 5.92. The molecule has 0 fully saturated rings. The molecule has 0 bridgehead atoms. The van der Waals surface area contributed by atoms with Crippen LogP contribution >= 0.6 is 0 Å². The molecule has 0 unspecified atom stereocenters. The summed E-state index contributed by atoms with van der Waals surface area (Å²) in [6.07, 6.45) is 0.627. The maximum atomic E-state index is 8.39. The molecule has 0 spiro atoms. The van der Waals surface area contributed by atoms with Gasteiger partial charge in [-0.2, -0.15) is 5.26 Å². The first kappa shape index (κ1) is 8.50. The quantitative estimate of drug-likeness (QED) is 0.240. The zero-order valence-corrected chi connectivity index (χ0v) is 5.92. The highest BCUT2D eigenvalue weighted by atomic mass is 16.2. The summed E-state index contributed by atoms with van der Waals surface area (Å²) >= 11 is 0. The van der Waals surface area contributed by atoms with Gasteiger partial charge >= 0.3 is 0 Å². The van der Waals surface area contributed by atoms with Crippen LogP contribution in [0.5, 0.6) is 0 Å². The van der Waals surface area contributed by atoms with Crippen molar-refractivity contribution in [2.75, 3.05) is 14.1 Å². The fourth-order valence-corrected chi connectivity index (χ4v) is 0.384. The van der Waals surface area contributed by atoms with Crippen molar-refractivity contribution in [2.24, 2.45) is 0 Å². The van der Waals surface area contributed by atoms with Crippen molar-refractivity contribution in [3.63, 3.8) is 0 Å². The largest absolute Gasteiger partial charge is 0.514 e. The summed E-state index contributed by atoms with van der Waals surface area (Å²) in [7, 11) is 3.26. The Morgan fingerprint density at radius 2 is 2.20 bits per heavy atom. The Morgan fingerprint density at radius 1 is 1.70 bits per heavy atom. The number of aliphatic hydroxyl groups excluding tert-OH is 1. The summed E-state index contributed by atoms with van der Waals surface area (Å²) < 4.78 is 0. The van der Waals surface area contributed by atoms with Crippen molar-refractivity contribution >= 4 is 5.84 Å². The third kappa shape index (κ3) is 1.78. The van der Waals surface area contributed by atoms with Crippen molar-refractivity contribution < 1.29 is 5.11 Å². The normalized spacial score (nSPS) is 10.3. The predicted octanol–water partition coefficient (Wildman–Crippen LogP) is 0.491. The van der Waals surface area contributed by atoms with Crippen LogP contribution in [0.25, 0.3) is 0 Å². The Bertz CT molecular complexity index is 200. The molecule has 0 radical (unpaired) electrons. The van der Waals surface area contributed by atoms with Gasteiger partial charge in [-0.3, -0.25) is 5.41 Å². The summed E-state index contributed by atoms with van der Waals surface area (Å²) in [5.41, 5.74) is -0.0370. The molecule has 0 aliphatic rings. The van der Waals surface area contributed by atoms with Gasteiger partial charge in [-0.1, -0.05) is 0 Å². The van der Waals surface area contributed by atoms with E-state index in [9.17, 15) is 0 Å². The first-order chi connectivity index (χ1) is 4.63. The van der Waals surface area contributed by atoms with Crippen molar-refractivity contribution in [3.8, 4) is 6.07 Å². The number of likely N-dealkylation sites (N-methyl/N-ethyl adjacent to an activating group) is 1. The fraction of sp³-hybridized carbons (Fsp3) is 0.333. The van der Waals surface area contributed by atoms with Crippen molar-refractivity contribution in [2.45, 2.75) is 0 Å². The lowest BCUT2D eigenvalue weighted by atomic mass is 10.3. The molecule has 0 saturated heterocycles. The second-order valence-electron chi connectivity index (χ2n) is 1.90. The molecule has 54 valence electrons. The number of nitrogens with zero attached hydrogens (tertiary/aromatic N) is 2. The molecule has 0 atom stereocenters. The minimum absolute atomic E-state index is 0.00463. The number of nitriles is 1. The van der Waals surface area contributed by atoms with E-state index < -0.39 is 0 Å². The van der Waals surface area contributed by atoms with Gasteiger partial charge in [-0.05, 0) is 0 Å². The van der Waals surface area contributed by atoms with Gasteiger partial charge in [0.05, 0.1) is 0 Å². The van der Waals surface area contributed by atoms with E-state index >= 15 is 0 Å². The van der Waals surface area contributed by atoms with Gasteiger partial charge in [0.15, 0.2) is 0 Å². The van der Waals surface area contributed by atoms with Crippen LogP contribution in [0.4, 0.5) is 0 Å². The molecule has 4 nitrogen and oxygen atoms in total. The SMILES string of the molecule is CN(C)C(=N)/C(C#N)=C/O. The highest BCUT2D eigenvalue weighted by Crippen LogP contribution is 1.94. The first-order valence-electron chi connectivity index (χ1n) is 2.64. The van der Waals surface area contributed by atoms with Gasteiger partial charge < -0.3 is 10.0 Å². The summed E-state index contributed by atoms with van der Waals surface area (Å²) in [5.74, 6) is 0.00463. The van der Waals surface area contributed by atoms with E-state index in [1.54, 1.807) is 20.2 Å². The molecule has 0 heterocycles. The van der Waals surface area contributed by atoms with Crippen LogP contribution in [-0.2, 0) is 0 Å². The van der Waals surface area contributed by atoms with E-state index in [2.05, 4.69) is 0 Å². The van der Waals surface area contributed by atoms with Gasteiger partial charge in [0, 0.05) is 14.1 Å². The van der Waals surface area contributed by atoms with Crippen molar-refractivity contribution in [1.82, 2.24) is 4.90 Å². The minimum atomic E-state index is -0.0370. The van der Waals surface area contributed by atoms with E-state index in [4.69, 9.17) is 15.8 Å². The lowest BCUT2D eigenvalue weighted by Crippen LogP contribution is -2.22. The van der Waals surface area contributed by atoms with Crippen LogP contribution in [0.15, 0.2) is 11.8 Å².